The fourth-order valence-electron chi connectivity index (χ4n) is 1.46. The summed E-state index contributed by atoms with van der Waals surface area (Å²) in [6.45, 7) is 4.43. The summed E-state index contributed by atoms with van der Waals surface area (Å²) in [6, 6.07) is 5.31. The van der Waals surface area contributed by atoms with Gasteiger partial charge in [0.2, 0.25) is 0 Å². The molecule has 0 saturated carbocycles. The second-order valence-corrected chi connectivity index (χ2v) is 4.31. The molecule has 0 fully saturated rings. The van der Waals surface area contributed by atoms with E-state index < -0.39 is 11.7 Å². The predicted molar refractivity (Wildman–Crippen MR) is 64.2 cm³/mol. The molecule has 0 saturated heterocycles. The maximum Gasteiger partial charge on any atom is 0.416 e. The van der Waals surface area contributed by atoms with Crippen LogP contribution in [0.3, 0.4) is 0 Å². The fraction of sp³-hybridized carbons (Fsp3) is 0.538. The quantitative estimate of drug-likeness (QED) is 0.878. The molecule has 1 N–H and O–H groups in total. The highest BCUT2D eigenvalue weighted by Crippen LogP contribution is 2.29. The van der Waals surface area contributed by atoms with Gasteiger partial charge in [-0.1, -0.05) is 12.1 Å². The van der Waals surface area contributed by atoms with E-state index in [-0.39, 0.29) is 12.1 Å². The summed E-state index contributed by atoms with van der Waals surface area (Å²) in [6.07, 6.45) is -4.22. The summed E-state index contributed by atoms with van der Waals surface area (Å²) in [4.78, 5) is 0. The molecule has 2 unspecified atom stereocenters. The molecule has 5 heteroatoms. The average Bonchev–Trinajstić information content (AvgIpc) is 2.34. The van der Waals surface area contributed by atoms with Crippen LogP contribution in [-0.2, 0) is 17.5 Å². The summed E-state index contributed by atoms with van der Waals surface area (Å²) in [5.74, 6) is 0. The summed E-state index contributed by atoms with van der Waals surface area (Å²) >= 11 is 0. The van der Waals surface area contributed by atoms with E-state index in [4.69, 9.17) is 4.74 Å². The number of alkyl halides is 3. The van der Waals surface area contributed by atoms with Crippen LogP contribution in [0.15, 0.2) is 24.3 Å². The number of halogens is 3. The Morgan fingerprint density at radius 3 is 2.17 bits per heavy atom. The Morgan fingerprint density at radius 1 is 1.17 bits per heavy atom. The van der Waals surface area contributed by atoms with Gasteiger partial charge in [0, 0.05) is 19.7 Å². The van der Waals surface area contributed by atoms with Gasteiger partial charge >= 0.3 is 6.18 Å². The second kappa shape index (κ2) is 6.20. The van der Waals surface area contributed by atoms with Crippen LogP contribution < -0.4 is 5.32 Å². The van der Waals surface area contributed by atoms with Crippen molar-refractivity contribution in [3.05, 3.63) is 35.4 Å². The number of ether oxygens (including phenoxy) is 1. The maximum atomic E-state index is 12.4. The van der Waals surface area contributed by atoms with Gasteiger partial charge in [-0.05, 0) is 31.5 Å². The Kier molecular flexibility index (Phi) is 5.16. The lowest BCUT2D eigenvalue weighted by molar-refractivity contribution is -0.137. The van der Waals surface area contributed by atoms with E-state index in [1.165, 1.54) is 12.1 Å². The molecule has 0 aliphatic rings. The van der Waals surface area contributed by atoms with Crippen LogP contribution in [0.25, 0.3) is 0 Å². The van der Waals surface area contributed by atoms with E-state index in [1.807, 2.05) is 13.8 Å². The molecule has 0 aliphatic heterocycles. The number of benzene rings is 1. The largest absolute Gasteiger partial charge is 0.416 e. The summed E-state index contributed by atoms with van der Waals surface area (Å²) < 4.78 is 42.2. The van der Waals surface area contributed by atoms with Gasteiger partial charge in [0.25, 0.3) is 0 Å². The van der Waals surface area contributed by atoms with Crippen molar-refractivity contribution in [2.24, 2.45) is 0 Å². The number of rotatable bonds is 5. The van der Waals surface area contributed by atoms with Crippen LogP contribution in [0.5, 0.6) is 0 Å². The Bertz CT molecular complexity index is 361. The molecular weight excluding hydrogens is 243 g/mol. The van der Waals surface area contributed by atoms with Crippen molar-refractivity contribution in [2.45, 2.75) is 38.7 Å². The Hall–Kier alpha value is -1.07. The van der Waals surface area contributed by atoms with Crippen LogP contribution in [0.4, 0.5) is 13.2 Å². The zero-order chi connectivity index (χ0) is 13.8. The van der Waals surface area contributed by atoms with E-state index in [1.54, 1.807) is 7.11 Å². The average molecular weight is 261 g/mol. The van der Waals surface area contributed by atoms with Crippen molar-refractivity contribution in [2.75, 3.05) is 7.11 Å². The molecule has 0 radical (unpaired) electrons. The highest BCUT2D eigenvalue weighted by molar-refractivity contribution is 5.24. The summed E-state index contributed by atoms with van der Waals surface area (Å²) in [5, 5.41) is 3.20. The Labute approximate surface area is 105 Å². The van der Waals surface area contributed by atoms with Crippen molar-refractivity contribution in [3.63, 3.8) is 0 Å². The molecule has 2 nitrogen and oxygen atoms in total. The van der Waals surface area contributed by atoms with Gasteiger partial charge in [0.1, 0.15) is 0 Å². The van der Waals surface area contributed by atoms with Gasteiger partial charge in [0.05, 0.1) is 11.7 Å². The molecule has 0 heterocycles. The van der Waals surface area contributed by atoms with Crippen molar-refractivity contribution in [1.82, 2.24) is 5.32 Å². The SMILES string of the molecule is COC(C)C(C)NCc1ccc(C(F)(F)F)cc1. The normalized spacial score (nSPS) is 15.4. The van der Waals surface area contributed by atoms with Gasteiger partial charge in [0.15, 0.2) is 0 Å². The maximum absolute atomic E-state index is 12.4. The first-order valence-corrected chi connectivity index (χ1v) is 5.77. The number of nitrogens with one attached hydrogen (secondary N) is 1. The molecule has 18 heavy (non-hydrogen) atoms. The third-order valence-electron chi connectivity index (χ3n) is 2.99. The van der Waals surface area contributed by atoms with Crippen LogP contribution in [0, 0.1) is 0 Å². The van der Waals surface area contributed by atoms with Crippen molar-refractivity contribution >= 4 is 0 Å². The van der Waals surface area contributed by atoms with Crippen LogP contribution in [0.1, 0.15) is 25.0 Å². The van der Waals surface area contributed by atoms with Gasteiger partial charge < -0.3 is 10.1 Å². The molecule has 1 rings (SSSR count). The zero-order valence-electron chi connectivity index (χ0n) is 10.7. The van der Waals surface area contributed by atoms with Gasteiger partial charge in [-0.2, -0.15) is 13.2 Å². The minimum atomic E-state index is -4.27. The molecule has 0 aliphatic carbocycles. The molecule has 0 bridgehead atoms. The smallest absolute Gasteiger partial charge is 0.380 e. The van der Waals surface area contributed by atoms with E-state index in [9.17, 15) is 13.2 Å². The van der Waals surface area contributed by atoms with E-state index in [0.717, 1.165) is 17.7 Å². The molecule has 102 valence electrons. The lowest BCUT2D eigenvalue weighted by Crippen LogP contribution is -2.36. The van der Waals surface area contributed by atoms with Gasteiger partial charge in [-0.25, -0.2) is 0 Å². The monoisotopic (exact) mass is 261 g/mol. The number of hydrogen-bond donors (Lipinski definition) is 1. The Morgan fingerprint density at radius 2 is 1.72 bits per heavy atom. The van der Waals surface area contributed by atoms with E-state index in [0.29, 0.717) is 6.54 Å². The standard InChI is InChI=1S/C13H18F3NO/c1-9(10(2)18-3)17-8-11-4-6-12(7-5-11)13(14,15)16/h4-7,9-10,17H,8H2,1-3H3. The van der Waals surface area contributed by atoms with Crippen LogP contribution in [-0.4, -0.2) is 19.3 Å². The first-order chi connectivity index (χ1) is 8.34. The molecular formula is C13H18F3NO. The van der Waals surface area contributed by atoms with Crippen molar-refractivity contribution < 1.29 is 17.9 Å². The number of hydrogen-bond acceptors (Lipinski definition) is 2. The molecule has 1 aromatic carbocycles. The zero-order valence-corrected chi connectivity index (χ0v) is 10.7. The molecule has 0 amide bonds. The van der Waals surface area contributed by atoms with Crippen molar-refractivity contribution in [3.8, 4) is 0 Å². The first kappa shape index (κ1) is 15.0. The highest BCUT2D eigenvalue weighted by Gasteiger charge is 2.29. The van der Waals surface area contributed by atoms with Gasteiger partial charge in [-0.15, -0.1) is 0 Å². The first-order valence-electron chi connectivity index (χ1n) is 5.77. The van der Waals surface area contributed by atoms with Crippen LogP contribution >= 0.6 is 0 Å². The lowest BCUT2D eigenvalue weighted by Gasteiger charge is -2.20. The Balaban J connectivity index is 2.54. The fourth-order valence-corrected chi connectivity index (χ4v) is 1.46. The molecule has 0 aromatic heterocycles. The third kappa shape index (κ3) is 4.31. The predicted octanol–water partition coefficient (Wildman–Crippen LogP) is 3.22. The molecule has 0 spiro atoms. The van der Waals surface area contributed by atoms with E-state index in [2.05, 4.69) is 5.32 Å². The summed E-state index contributed by atoms with van der Waals surface area (Å²) in [5.41, 5.74) is 0.197. The minimum Gasteiger partial charge on any atom is -0.380 e. The highest BCUT2D eigenvalue weighted by atomic mass is 19.4. The number of methoxy groups -OCH3 is 1. The van der Waals surface area contributed by atoms with Gasteiger partial charge in [-0.3, -0.25) is 0 Å². The summed E-state index contributed by atoms with van der Waals surface area (Å²) in [7, 11) is 1.63. The van der Waals surface area contributed by atoms with Crippen molar-refractivity contribution in [1.29, 1.82) is 0 Å². The molecule has 1 aromatic rings. The molecule has 2 atom stereocenters. The van der Waals surface area contributed by atoms with E-state index >= 15 is 0 Å². The minimum absolute atomic E-state index is 0.0550. The third-order valence-corrected chi connectivity index (χ3v) is 2.99. The second-order valence-electron chi connectivity index (χ2n) is 4.31. The lowest BCUT2D eigenvalue weighted by atomic mass is 10.1. The topological polar surface area (TPSA) is 21.3 Å². The van der Waals surface area contributed by atoms with Crippen LogP contribution in [0.2, 0.25) is 0 Å².